The average Bonchev–Trinajstić information content (AvgIpc) is 2.38. The summed E-state index contributed by atoms with van der Waals surface area (Å²) in [6.07, 6.45) is 1.41. The highest BCUT2D eigenvalue weighted by Gasteiger charge is 2.14. The predicted octanol–water partition coefficient (Wildman–Crippen LogP) is 1.15. The number of hydrogen-bond acceptors (Lipinski definition) is 6. The van der Waals surface area contributed by atoms with Crippen molar-refractivity contribution in [1.29, 1.82) is 0 Å². The molecule has 0 bridgehead atoms. The van der Waals surface area contributed by atoms with Gasteiger partial charge in [-0.05, 0) is 19.1 Å². The van der Waals surface area contributed by atoms with Gasteiger partial charge in [-0.1, -0.05) is 0 Å². The van der Waals surface area contributed by atoms with Gasteiger partial charge in [-0.3, -0.25) is 10.1 Å². The van der Waals surface area contributed by atoms with Crippen molar-refractivity contribution >= 4 is 11.9 Å². The Labute approximate surface area is 109 Å². The molecule has 7 heteroatoms. The number of aromatic nitrogens is 3. The number of pyridine rings is 1. The first-order valence-corrected chi connectivity index (χ1v) is 5.45. The number of amides is 1. The molecule has 2 N–H and O–H groups in total. The summed E-state index contributed by atoms with van der Waals surface area (Å²) >= 11 is 0. The van der Waals surface area contributed by atoms with Gasteiger partial charge < -0.3 is 9.84 Å². The maximum atomic E-state index is 11.9. The van der Waals surface area contributed by atoms with E-state index in [2.05, 4.69) is 20.3 Å². The van der Waals surface area contributed by atoms with Crippen molar-refractivity contribution in [3.63, 3.8) is 0 Å². The largest absolute Gasteiger partial charge is 0.505 e. The molecule has 2 heterocycles. The van der Waals surface area contributed by atoms with Gasteiger partial charge >= 0.3 is 0 Å². The van der Waals surface area contributed by atoms with Gasteiger partial charge in [-0.2, -0.15) is 4.98 Å². The number of carbonyl (C=O) groups excluding carboxylic acids is 1. The van der Waals surface area contributed by atoms with Crippen LogP contribution in [0.1, 0.15) is 16.2 Å². The van der Waals surface area contributed by atoms with Crippen LogP contribution in [0.15, 0.2) is 24.4 Å². The van der Waals surface area contributed by atoms with Gasteiger partial charge in [-0.15, -0.1) is 0 Å². The van der Waals surface area contributed by atoms with E-state index < -0.39 is 5.91 Å². The minimum absolute atomic E-state index is 0.0897. The first-order valence-electron chi connectivity index (χ1n) is 5.45. The summed E-state index contributed by atoms with van der Waals surface area (Å²) in [5.74, 6) is -0.370. The van der Waals surface area contributed by atoms with Crippen LogP contribution in [0.5, 0.6) is 11.6 Å². The molecule has 0 aliphatic carbocycles. The van der Waals surface area contributed by atoms with Crippen molar-refractivity contribution in [2.75, 3.05) is 12.4 Å². The van der Waals surface area contributed by atoms with Gasteiger partial charge in [-0.25, -0.2) is 9.97 Å². The standard InChI is InChI=1S/C12H12N4O3/c1-7-6-9(19-2)15-12(14-7)16-11(18)10-8(17)4-3-5-13-10/h3-6,17H,1-2H3,(H,14,15,16,18). The summed E-state index contributed by atoms with van der Waals surface area (Å²) in [5, 5.41) is 12.0. The summed E-state index contributed by atoms with van der Waals surface area (Å²) in [6.45, 7) is 1.75. The Morgan fingerprint density at radius 2 is 2.21 bits per heavy atom. The molecule has 0 fully saturated rings. The maximum Gasteiger partial charge on any atom is 0.280 e. The molecule has 0 saturated carbocycles. The fourth-order valence-corrected chi connectivity index (χ4v) is 1.43. The number of methoxy groups -OCH3 is 1. The third-order valence-corrected chi connectivity index (χ3v) is 2.27. The fraction of sp³-hybridized carbons (Fsp3) is 0.167. The van der Waals surface area contributed by atoms with E-state index in [0.717, 1.165) is 0 Å². The highest BCUT2D eigenvalue weighted by Crippen LogP contribution is 2.15. The van der Waals surface area contributed by atoms with Gasteiger partial charge in [0.05, 0.1) is 7.11 Å². The Kier molecular flexibility index (Phi) is 3.56. The minimum atomic E-state index is -0.592. The Balaban J connectivity index is 2.24. The molecular formula is C12H12N4O3. The number of anilines is 1. The van der Waals surface area contributed by atoms with Gasteiger partial charge in [0.15, 0.2) is 5.69 Å². The van der Waals surface area contributed by atoms with E-state index in [-0.39, 0.29) is 17.4 Å². The molecule has 0 aliphatic heterocycles. The first kappa shape index (κ1) is 12.7. The number of ether oxygens (including phenoxy) is 1. The Morgan fingerprint density at radius 3 is 2.89 bits per heavy atom. The van der Waals surface area contributed by atoms with Crippen LogP contribution in [0.25, 0.3) is 0 Å². The molecule has 0 aliphatic rings. The number of carbonyl (C=O) groups is 1. The van der Waals surface area contributed by atoms with E-state index in [1.807, 2.05) is 0 Å². The number of aromatic hydroxyl groups is 1. The van der Waals surface area contributed by atoms with Crippen molar-refractivity contribution < 1.29 is 14.6 Å². The number of aryl methyl sites for hydroxylation is 1. The SMILES string of the molecule is COc1cc(C)nc(NC(=O)c2ncccc2O)n1. The number of nitrogens with zero attached hydrogens (tertiary/aromatic N) is 3. The van der Waals surface area contributed by atoms with Crippen molar-refractivity contribution in [2.24, 2.45) is 0 Å². The zero-order chi connectivity index (χ0) is 13.8. The summed E-state index contributed by atoms with van der Waals surface area (Å²) in [6, 6.07) is 4.53. The lowest BCUT2D eigenvalue weighted by molar-refractivity contribution is 0.101. The number of rotatable bonds is 3. The molecular weight excluding hydrogens is 248 g/mol. The van der Waals surface area contributed by atoms with Gasteiger partial charge in [0.2, 0.25) is 11.8 Å². The molecule has 7 nitrogen and oxygen atoms in total. The monoisotopic (exact) mass is 260 g/mol. The molecule has 0 atom stereocenters. The highest BCUT2D eigenvalue weighted by atomic mass is 16.5. The molecule has 0 unspecified atom stereocenters. The average molecular weight is 260 g/mol. The summed E-state index contributed by atoms with van der Waals surface area (Å²) in [4.78, 5) is 23.7. The molecule has 0 aromatic carbocycles. The van der Waals surface area contributed by atoms with Gasteiger partial charge in [0.25, 0.3) is 5.91 Å². The first-order chi connectivity index (χ1) is 9.10. The van der Waals surface area contributed by atoms with E-state index in [9.17, 15) is 9.90 Å². The van der Waals surface area contributed by atoms with Crippen LogP contribution in [0.2, 0.25) is 0 Å². The van der Waals surface area contributed by atoms with Gasteiger partial charge in [0.1, 0.15) is 5.75 Å². The Hall–Kier alpha value is -2.70. The van der Waals surface area contributed by atoms with E-state index >= 15 is 0 Å². The fourth-order valence-electron chi connectivity index (χ4n) is 1.43. The molecule has 2 aromatic heterocycles. The predicted molar refractivity (Wildman–Crippen MR) is 67.2 cm³/mol. The smallest absolute Gasteiger partial charge is 0.280 e. The van der Waals surface area contributed by atoms with E-state index in [0.29, 0.717) is 11.6 Å². The highest BCUT2D eigenvalue weighted by molar-refractivity contribution is 6.03. The Bertz CT molecular complexity index is 616. The van der Waals surface area contributed by atoms with Gasteiger partial charge in [0, 0.05) is 18.0 Å². The molecule has 1 amide bonds. The lowest BCUT2D eigenvalue weighted by Crippen LogP contribution is -2.16. The third kappa shape index (κ3) is 2.95. The number of nitrogens with one attached hydrogen (secondary N) is 1. The van der Waals surface area contributed by atoms with Crippen LogP contribution in [-0.4, -0.2) is 33.1 Å². The molecule has 0 radical (unpaired) electrons. The van der Waals surface area contributed by atoms with Crippen molar-refractivity contribution in [1.82, 2.24) is 15.0 Å². The molecule has 98 valence electrons. The van der Waals surface area contributed by atoms with Crippen LogP contribution in [-0.2, 0) is 0 Å². The van der Waals surface area contributed by atoms with Crippen LogP contribution in [0, 0.1) is 6.92 Å². The molecule has 0 saturated heterocycles. The lowest BCUT2D eigenvalue weighted by atomic mass is 10.3. The van der Waals surface area contributed by atoms with E-state index in [4.69, 9.17) is 4.74 Å². The summed E-state index contributed by atoms with van der Waals surface area (Å²) in [7, 11) is 1.47. The summed E-state index contributed by atoms with van der Waals surface area (Å²) < 4.78 is 4.98. The minimum Gasteiger partial charge on any atom is -0.505 e. The normalized spacial score (nSPS) is 10.0. The molecule has 0 spiro atoms. The quantitative estimate of drug-likeness (QED) is 0.859. The molecule has 2 aromatic rings. The van der Waals surface area contributed by atoms with Crippen molar-refractivity contribution in [2.45, 2.75) is 6.92 Å². The third-order valence-electron chi connectivity index (χ3n) is 2.27. The summed E-state index contributed by atoms with van der Waals surface area (Å²) in [5.41, 5.74) is 0.555. The van der Waals surface area contributed by atoms with E-state index in [1.54, 1.807) is 13.0 Å². The lowest BCUT2D eigenvalue weighted by Gasteiger charge is -2.06. The van der Waals surface area contributed by atoms with Crippen LogP contribution >= 0.6 is 0 Å². The van der Waals surface area contributed by atoms with Crippen LogP contribution in [0.4, 0.5) is 5.95 Å². The maximum absolute atomic E-state index is 11.9. The molecule has 2 rings (SSSR count). The van der Waals surface area contributed by atoms with Crippen molar-refractivity contribution in [3.8, 4) is 11.6 Å². The zero-order valence-electron chi connectivity index (χ0n) is 10.4. The van der Waals surface area contributed by atoms with Crippen LogP contribution in [0.3, 0.4) is 0 Å². The number of hydrogen-bond donors (Lipinski definition) is 2. The topological polar surface area (TPSA) is 97.2 Å². The molecule has 19 heavy (non-hydrogen) atoms. The second-order valence-corrected chi connectivity index (χ2v) is 3.70. The zero-order valence-corrected chi connectivity index (χ0v) is 10.4. The van der Waals surface area contributed by atoms with E-state index in [1.165, 1.54) is 25.4 Å². The second-order valence-electron chi connectivity index (χ2n) is 3.70. The van der Waals surface area contributed by atoms with Crippen LogP contribution < -0.4 is 10.1 Å². The second kappa shape index (κ2) is 5.30. The Morgan fingerprint density at radius 1 is 1.42 bits per heavy atom. The van der Waals surface area contributed by atoms with Crippen molar-refractivity contribution in [3.05, 3.63) is 35.8 Å².